The lowest BCUT2D eigenvalue weighted by Crippen LogP contribution is -2.39. The van der Waals surface area contributed by atoms with Crippen molar-refractivity contribution in [1.29, 1.82) is 0 Å². The Balaban J connectivity index is 3.00. The van der Waals surface area contributed by atoms with E-state index < -0.39 is 17.6 Å². The van der Waals surface area contributed by atoms with Crippen LogP contribution in [0.2, 0.25) is 0 Å². The van der Waals surface area contributed by atoms with E-state index in [1.54, 1.807) is 52.1 Å². The van der Waals surface area contributed by atoms with Gasteiger partial charge in [-0.3, -0.25) is 4.79 Å². The highest BCUT2D eigenvalue weighted by Crippen LogP contribution is 2.21. The minimum atomic E-state index is -0.690. The summed E-state index contributed by atoms with van der Waals surface area (Å²) in [6.45, 7) is 6.56. The fourth-order valence-electron chi connectivity index (χ4n) is 1.45. The molecule has 0 aromatic heterocycles. The third-order valence-electron chi connectivity index (χ3n) is 2.22. The standard InChI is InChI=1S/C14H19NO4/c1-10(16)15(13(17)19-14(2,3)4)11-6-8-12(18-5)9-7-11/h6-9H,1-5H3. The maximum absolute atomic E-state index is 12.0. The summed E-state index contributed by atoms with van der Waals surface area (Å²) in [5.74, 6) is 0.246. The topological polar surface area (TPSA) is 55.8 Å². The van der Waals surface area contributed by atoms with Gasteiger partial charge >= 0.3 is 6.09 Å². The van der Waals surface area contributed by atoms with Gasteiger partial charge in [0.1, 0.15) is 11.4 Å². The third kappa shape index (κ3) is 4.28. The van der Waals surface area contributed by atoms with E-state index in [0.29, 0.717) is 11.4 Å². The molecule has 0 aliphatic carbocycles. The fourth-order valence-corrected chi connectivity index (χ4v) is 1.45. The number of hydrogen-bond donors (Lipinski definition) is 0. The molecule has 0 aliphatic heterocycles. The highest BCUT2D eigenvalue weighted by molar-refractivity contribution is 6.11. The van der Waals surface area contributed by atoms with Crippen LogP contribution in [0.5, 0.6) is 5.75 Å². The smallest absolute Gasteiger partial charge is 0.421 e. The van der Waals surface area contributed by atoms with Gasteiger partial charge in [0.25, 0.3) is 0 Å². The Morgan fingerprint density at radius 2 is 1.63 bits per heavy atom. The van der Waals surface area contributed by atoms with Crippen molar-refractivity contribution in [3.63, 3.8) is 0 Å². The van der Waals surface area contributed by atoms with Crippen LogP contribution in [0.3, 0.4) is 0 Å². The number of amides is 2. The van der Waals surface area contributed by atoms with Crippen molar-refractivity contribution in [2.24, 2.45) is 0 Å². The second kappa shape index (κ2) is 5.73. The average Bonchev–Trinajstić information content (AvgIpc) is 2.27. The second-order valence-electron chi connectivity index (χ2n) is 5.03. The summed E-state index contributed by atoms with van der Waals surface area (Å²) in [5, 5.41) is 0. The molecule has 0 radical (unpaired) electrons. The highest BCUT2D eigenvalue weighted by atomic mass is 16.6. The van der Waals surface area contributed by atoms with Gasteiger partial charge in [-0.2, -0.15) is 0 Å². The molecule has 0 saturated carbocycles. The van der Waals surface area contributed by atoms with Crippen molar-refractivity contribution in [1.82, 2.24) is 0 Å². The number of nitrogens with zero attached hydrogens (tertiary/aromatic N) is 1. The third-order valence-corrected chi connectivity index (χ3v) is 2.22. The average molecular weight is 265 g/mol. The van der Waals surface area contributed by atoms with Crippen molar-refractivity contribution in [2.45, 2.75) is 33.3 Å². The predicted molar refractivity (Wildman–Crippen MR) is 72.4 cm³/mol. The summed E-state index contributed by atoms with van der Waals surface area (Å²) in [7, 11) is 1.55. The van der Waals surface area contributed by atoms with E-state index in [9.17, 15) is 9.59 Å². The lowest BCUT2D eigenvalue weighted by Gasteiger charge is -2.25. The first kappa shape index (κ1) is 15.0. The summed E-state index contributed by atoms with van der Waals surface area (Å²) >= 11 is 0. The Kier molecular flexibility index (Phi) is 4.53. The van der Waals surface area contributed by atoms with Crippen LogP contribution in [0.15, 0.2) is 24.3 Å². The summed E-state index contributed by atoms with van der Waals surface area (Å²) in [6.07, 6.45) is -0.690. The molecular formula is C14H19NO4. The Labute approximate surface area is 113 Å². The molecule has 0 spiro atoms. The predicted octanol–water partition coefficient (Wildman–Crippen LogP) is 2.98. The molecule has 0 bridgehead atoms. The van der Waals surface area contributed by atoms with E-state index in [0.717, 1.165) is 4.90 Å². The lowest BCUT2D eigenvalue weighted by atomic mass is 10.2. The second-order valence-corrected chi connectivity index (χ2v) is 5.03. The van der Waals surface area contributed by atoms with Crippen LogP contribution in [-0.4, -0.2) is 24.7 Å². The van der Waals surface area contributed by atoms with Crippen molar-refractivity contribution in [3.05, 3.63) is 24.3 Å². The zero-order valence-electron chi connectivity index (χ0n) is 11.9. The number of imide groups is 1. The molecule has 1 aromatic carbocycles. The highest BCUT2D eigenvalue weighted by Gasteiger charge is 2.26. The molecule has 0 aliphatic rings. The largest absolute Gasteiger partial charge is 0.497 e. The minimum absolute atomic E-state index is 0.403. The van der Waals surface area contributed by atoms with E-state index in [1.165, 1.54) is 6.92 Å². The van der Waals surface area contributed by atoms with Crippen LogP contribution in [0.25, 0.3) is 0 Å². The van der Waals surface area contributed by atoms with Crippen molar-refractivity contribution >= 4 is 17.7 Å². The van der Waals surface area contributed by atoms with Crippen LogP contribution in [0, 0.1) is 0 Å². The van der Waals surface area contributed by atoms with Gasteiger partial charge in [-0.05, 0) is 45.0 Å². The van der Waals surface area contributed by atoms with Gasteiger partial charge in [-0.25, -0.2) is 9.69 Å². The van der Waals surface area contributed by atoms with E-state index in [1.807, 2.05) is 0 Å². The first-order valence-electron chi connectivity index (χ1n) is 5.92. The van der Waals surface area contributed by atoms with Gasteiger partial charge in [0.15, 0.2) is 0 Å². The van der Waals surface area contributed by atoms with Crippen molar-refractivity contribution < 1.29 is 19.1 Å². The molecule has 19 heavy (non-hydrogen) atoms. The Morgan fingerprint density at radius 3 is 2.00 bits per heavy atom. The van der Waals surface area contributed by atoms with Crippen molar-refractivity contribution in [3.8, 4) is 5.75 Å². The van der Waals surface area contributed by atoms with Crippen LogP contribution in [0.1, 0.15) is 27.7 Å². The number of carbonyl (C=O) groups excluding carboxylic acids is 2. The minimum Gasteiger partial charge on any atom is -0.497 e. The molecule has 104 valence electrons. The number of rotatable bonds is 2. The van der Waals surface area contributed by atoms with Gasteiger partial charge in [0.2, 0.25) is 5.91 Å². The van der Waals surface area contributed by atoms with E-state index in [-0.39, 0.29) is 0 Å². The summed E-state index contributed by atoms with van der Waals surface area (Å²) in [6, 6.07) is 6.61. The molecule has 5 heteroatoms. The first-order chi connectivity index (χ1) is 8.74. The van der Waals surface area contributed by atoms with Gasteiger partial charge in [-0.1, -0.05) is 0 Å². The molecule has 5 nitrogen and oxygen atoms in total. The summed E-state index contributed by atoms with van der Waals surface area (Å²) < 4.78 is 10.2. The molecule has 0 N–H and O–H groups in total. The Bertz CT molecular complexity index is 459. The number of carbonyl (C=O) groups is 2. The number of anilines is 1. The Hall–Kier alpha value is -2.04. The zero-order chi connectivity index (χ0) is 14.6. The van der Waals surface area contributed by atoms with Crippen molar-refractivity contribution in [2.75, 3.05) is 12.0 Å². The summed E-state index contributed by atoms with van der Waals surface area (Å²) in [5.41, 5.74) is -0.209. The number of methoxy groups -OCH3 is 1. The molecule has 2 amide bonds. The maximum atomic E-state index is 12.0. The molecule has 0 fully saturated rings. The van der Waals surface area contributed by atoms with Gasteiger partial charge < -0.3 is 9.47 Å². The molecule has 1 rings (SSSR count). The fraction of sp³-hybridized carbons (Fsp3) is 0.429. The normalized spacial score (nSPS) is 10.8. The SMILES string of the molecule is COc1ccc(N(C(C)=O)C(=O)OC(C)(C)C)cc1. The molecule has 0 saturated heterocycles. The first-order valence-corrected chi connectivity index (χ1v) is 5.92. The molecule has 0 atom stereocenters. The van der Waals surface area contributed by atoms with Gasteiger partial charge in [-0.15, -0.1) is 0 Å². The quantitative estimate of drug-likeness (QED) is 0.824. The molecule has 0 heterocycles. The lowest BCUT2D eigenvalue weighted by molar-refractivity contribution is -0.116. The number of ether oxygens (including phenoxy) is 2. The monoisotopic (exact) mass is 265 g/mol. The molecule has 0 unspecified atom stereocenters. The number of hydrogen-bond acceptors (Lipinski definition) is 4. The van der Waals surface area contributed by atoms with Crippen LogP contribution in [-0.2, 0) is 9.53 Å². The van der Waals surface area contributed by atoms with E-state index >= 15 is 0 Å². The van der Waals surface area contributed by atoms with Crippen LogP contribution < -0.4 is 9.64 Å². The van der Waals surface area contributed by atoms with Crippen LogP contribution >= 0.6 is 0 Å². The van der Waals surface area contributed by atoms with Gasteiger partial charge in [0, 0.05) is 6.92 Å². The Morgan fingerprint density at radius 1 is 1.11 bits per heavy atom. The van der Waals surface area contributed by atoms with E-state index in [2.05, 4.69) is 0 Å². The summed E-state index contributed by atoms with van der Waals surface area (Å²) in [4.78, 5) is 24.6. The molecular weight excluding hydrogens is 246 g/mol. The zero-order valence-corrected chi connectivity index (χ0v) is 11.9. The van der Waals surface area contributed by atoms with Crippen LogP contribution in [0.4, 0.5) is 10.5 Å². The van der Waals surface area contributed by atoms with E-state index in [4.69, 9.17) is 9.47 Å². The molecule has 1 aromatic rings. The number of benzene rings is 1. The van der Waals surface area contributed by atoms with Gasteiger partial charge in [0.05, 0.1) is 12.8 Å². The maximum Gasteiger partial charge on any atom is 0.421 e.